The molecule has 0 spiro atoms. The molecule has 1 saturated heterocycles. The van der Waals surface area contributed by atoms with Crippen LogP contribution in [0, 0.1) is 12.8 Å². The van der Waals surface area contributed by atoms with Gasteiger partial charge in [-0.05, 0) is 76.5 Å². The van der Waals surface area contributed by atoms with E-state index in [-0.39, 0.29) is 5.56 Å². The lowest BCUT2D eigenvalue weighted by atomic mass is 9.94. The second-order valence-electron chi connectivity index (χ2n) is 8.06. The largest absolute Gasteiger partial charge is 0.354 e. The molecule has 1 aliphatic heterocycles. The zero-order valence-electron chi connectivity index (χ0n) is 17.0. The van der Waals surface area contributed by atoms with Crippen molar-refractivity contribution in [2.75, 3.05) is 25.5 Å². The molecule has 0 aliphatic carbocycles. The minimum absolute atomic E-state index is 0.0777. The molecule has 0 unspecified atom stereocenters. The predicted molar refractivity (Wildman–Crippen MR) is 114 cm³/mol. The van der Waals surface area contributed by atoms with Gasteiger partial charge in [-0.3, -0.25) is 4.79 Å². The number of fused-ring (bicyclic) bond motifs is 1. The van der Waals surface area contributed by atoms with Gasteiger partial charge in [-0.15, -0.1) is 0 Å². The highest BCUT2D eigenvalue weighted by molar-refractivity contribution is 5.84. The molecule has 6 nitrogen and oxygen atoms in total. The Labute approximate surface area is 165 Å². The van der Waals surface area contributed by atoms with E-state index in [2.05, 4.69) is 57.4 Å². The second kappa shape index (κ2) is 7.80. The summed E-state index contributed by atoms with van der Waals surface area (Å²) in [6, 6.07) is 8.55. The van der Waals surface area contributed by atoms with Gasteiger partial charge in [0.1, 0.15) is 0 Å². The fourth-order valence-electron chi connectivity index (χ4n) is 4.08. The third kappa shape index (κ3) is 3.83. The van der Waals surface area contributed by atoms with Crippen LogP contribution in [0.1, 0.15) is 24.8 Å². The third-order valence-corrected chi connectivity index (χ3v) is 6.05. The Balaban J connectivity index is 1.47. The SMILES string of the molecule is Cc1c(Nc2ccc3c(ccn3CCC3CCN(C)CC3)c2)cnn(C)c1=O. The molecule has 6 heteroatoms. The van der Waals surface area contributed by atoms with Crippen molar-refractivity contribution in [1.29, 1.82) is 0 Å². The monoisotopic (exact) mass is 379 g/mol. The van der Waals surface area contributed by atoms with Gasteiger partial charge in [0.25, 0.3) is 5.56 Å². The number of piperidine rings is 1. The Morgan fingerprint density at radius 2 is 1.96 bits per heavy atom. The van der Waals surface area contributed by atoms with E-state index in [0.717, 1.165) is 23.8 Å². The summed E-state index contributed by atoms with van der Waals surface area (Å²) in [7, 11) is 3.88. The van der Waals surface area contributed by atoms with Crippen molar-refractivity contribution < 1.29 is 0 Å². The Kier molecular flexibility index (Phi) is 5.22. The molecule has 1 aliphatic rings. The summed E-state index contributed by atoms with van der Waals surface area (Å²) in [6.45, 7) is 5.35. The molecular formula is C22H29N5O. The van der Waals surface area contributed by atoms with Crippen LogP contribution in [0.4, 0.5) is 11.4 Å². The summed E-state index contributed by atoms with van der Waals surface area (Å²) >= 11 is 0. The summed E-state index contributed by atoms with van der Waals surface area (Å²) in [5, 5.41) is 8.66. The van der Waals surface area contributed by atoms with Crippen molar-refractivity contribution in [3.05, 3.63) is 52.6 Å². The first kappa shape index (κ1) is 18.7. The molecule has 1 fully saturated rings. The summed E-state index contributed by atoms with van der Waals surface area (Å²) in [4.78, 5) is 14.5. The fraction of sp³-hybridized carbons (Fsp3) is 0.455. The highest BCUT2D eigenvalue weighted by Crippen LogP contribution is 2.26. The summed E-state index contributed by atoms with van der Waals surface area (Å²) in [5.41, 5.74) is 3.58. The lowest BCUT2D eigenvalue weighted by Crippen LogP contribution is -2.30. The third-order valence-electron chi connectivity index (χ3n) is 6.05. The summed E-state index contributed by atoms with van der Waals surface area (Å²) in [5.74, 6) is 0.839. The van der Waals surface area contributed by atoms with Crippen LogP contribution >= 0.6 is 0 Å². The van der Waals surface area contributed by atoms with Crippen molar-refractivity contribution >= 4 is 22.3 Å². The Bertz CT molecular complexity index is 1030. The van der Waals surface area contributed by atoms with Crippen molar-refractivity contribution in [2.45, 2.75) is 32.7 Å². The van der Waals surface area contributed by atoms with E-state index >= 15 is 0 Å². The number of likely N-dealkylation sites (tertiary alicyclic amines) is 1. The molecule has 0 amide bonds. The first-order valence-corrected chi connectivity index (χ1v) is 10.1. The lowest BCUT2D eigenvalue weighted by molar-refractivity contribution is 0.208. The van der Waals surface area contributed by atoms with Crippen molar-refractivity contribution in [2.24, 2.45) is 13.0 Å². The highest BCUT2D eigenvalue weighted by atomic mass is 16.1. The lowest BCUT2D eigenvalue weighted by Gasteiger charge is -2.29. The van der Waals surface area contributed by atoms with Gasteiger partial charge in [0.15, 0.2) is 0 Å². The van der Waals surface area contributed by atoms with E-state index in [4.69, 9.17) is 0 Å². The van der Waals surface area contributed by atoms with Gasteiger partial charge in [0.2, 0.25) is 0 Å². The first-order chi connectivity index (χ1) is 13.5. The van der Waals surface area contributed by atoms with Gasteiger partial charge in [-0.2, -0.15) is 5.10 Å². The van der Waals surface area contributed by atoms with Crippen LogP contribution in [0.5, 0.6) is 0 Å². The Hall–Kier alpha value is -2.60. The molecule has 3 aromatic rings. The Morgan fingerprint density at radius 1 is 1.18 bits per heavy atom. The maximum absolute atomic E-state index is 12.1. The van der Waals surface area contributed by atoms with Crippen LogP contribution in [0.2, 0.25) is 0 Å². The van der Waals surface area contributed by atoms with Crippen LogP contribution < -0.4 is 10.9 Å². The molecule has 2 aromatic heterocycles. The number of aryl methyl sites for hydroxylation is 2. The zero-order chi connectivity index (χ0) is 19.7. The number of rotatable bonds is 5. The molecule has 0 saturated carbocycles. The second-order valence-corrected chi connectivity index (χ2v) is 8.06. The average molecular weight is 380 g/mol. The molecule has 1 aromatic carbocycles. The van der Waals surface area contributed by atoms with E-state index < -0.39 is 0 Å². The molecule has 0 atom stereocenters. The van der Waals surface area contributed by atoms with Crippen LogP contribution in [0.15, 0.2) is 41.5 Å². The van der Waals surface area contributed by atoms with Gasteiger partial charge < -0.3 is 14.8 Å². The molecular weight excluding hydrogens is 350 g/mol. The van der Waals surface area contributed by atoms with Gasteiger partial charge in [-0.25, -0.2) is 4.68 Å². The maximum atomic E-state index is 12.1. The average Bonchev–Trinajstić information content (AvgIpc) is 3.10. The molecule has 0 bridgehead atoms. The summed E-state index contributed by atoms with van der Waals surface area (Å²) in [6.07, 6.45) is 7.76. The molecule has 0 radical (unpaired) electrons. The van der Waals surface area contributed by atoms with Gasteiger partial charge in [0, 0.05) is 41.9 Å². The standard InChI is InChI=1S/C22H29N5O/c1-16-20(15-23-26(3)22(16)28)24-19-4-5-21-18(14-19)9-13-27(21)12-8-17-6-10-25(2)11-7-17/h4-5,9,13-15,17,24H,6-8,10-12H2,1-3H3. The van der Waals surface area contributed by atoms with Crippen LogP contribution in [-0.4, -0.2) is 39.4 Å². The van der Waals surface area contributed by atoms with Gasteiger partial charge in [-0.1, -0.05) is 0 Å². The molecule has 28 heavy (non-hydrogen) atoms. The summed E-state index contributed by atoms with van der Waals surface area (Å²) < 4.78 is 3.72. The number of hydrogen-bond donors (Lipinski definition) is 1. The predicted octanol–water partition coefficient (Wildman–Crippen LogP) is 3.52. The molecule has 1 N–H and O–H groups in total. The van der Waals surface area contributed by atoms with E-state index in [1.165, 1.54) is 47.9 Å². The van der Waals surface area contributed by atoms with E-state index in [9.17, 15) is 4.79 Å². The smallest absolute Gasteiger partial charge is 0.271 e. The molecule has 148 valence electrons. The minimum atomic E-state index is -0.0777. The van der Waals surface area contributed by atoms with Crippen molar-refractivity contribution in [3.63, 3.8) is 0 Å². The quantitative estimate of drug-likeness (QED) is 0.737. The number of benzene rings is 1. The maximum Gasteiger partial charge on any atom is 0.271 e. The zero-order valence-corrected chi connectivity index (χ0v) is 17.0. The minimum Gasteiger partial charge on any atom is -0.354 e. The van der Waals surface area contributed by atoms with Crippen LogP contribution in [0.25, 0.3) is 10.9 Å². The fourth-order valence-corrected chi connectivity index (χ4v) is 4.08. The van der Waals surface area contributed by atoms with Gasteiger partial charge in [0.05, 0.1) is 11.9 Å². The number of aromatic nitrogens is 3. The van der Waals surface area contributed by atoms with Crippen molar-refractivity contribution in [1.82, 2.24) is 19.2 Å². The van der Waals surface area contributed by atoms with E-state index in [0.29, 0.717) is 5.56 Å². The normalized spacial score (nSPS) is 16.0. The number of nitrogens with zero attached hydrogens (tertiary/aromatic N) is 4. The number of hydrogen-bond acceptors (Lipinski definition) is 4. The van der Waals surface area contributed by atoms with E-state index in [1.54, 1.807) is 13.2 Å². The van der Waals surface area contributed by atoms with Crippen LogP contribution in [-0.2, 0) is 13.6 Å². The topological polar surface area (TPSA) is 55.1 Å². The highest BCUT2D eigenvalue weighted by Gasteiger charge is 2.16. The number of nitrogens with one attached hydrogen (secondary N) is 1. The molecule has 4 rings (SSSR count). The first-order valence-electron chi connectivity index (χ1n) is 10.1. The van der Waals surface area contributed by atoms with Gasteiger partial charge >= 0.3 is 0 Å². The molecule has 3 heterocycles. The van der Waals surface area contributed by atoms with E-state index in [1.807, 2.05) is 6.92 Å². The van der Waals surface area contributed by atoms with Crippen LogP contribution in [0.3, 0.4) is 0 Å². The number of anilines is 2. The van der Waals surface area contributed by atoms with Crippen molar-refractivity contribution in [3.8, 4) is 0 Å². The Morgan fingerprint density at radius 3 is 2.75 bits per heavy atom.